The molecule has 2 aromatic heterocycles. The molecule has 0 fully saturated rings. The summed E-state index contributed by atoms with van der Waals surface area (Å²) in [5, 5.41) is 18.9. The van der Waals surface area contributed by atoms with E-state index in [1.54, 1.807) is 0 Å². The molecule has 0 aliphatic heterocycles. The zero-order valence-corrected chi connectivity index (χ0v) is 14.4. The number of H-pyrrole nitrogens is 2. The molecule has 0 aromatic carbocycles. The number of likely N-dealkylation sites (N-methyl/N-ethyl adjacent to an activating group) is 1. The Hall–Kier alpha value is -2.66. The van der Waals surface area contributed by atoms with Crippen molar-refractivity contribution >= 4 is 5.91 Å². The molecule has 0 bridgehead atoms. The quantitative estimate of drug-likeness (QED) is 0.710. The average Bonchev–Trinajstić information content (AvgIpc) is 3.22. The van der Waals surface area contributed by atoms with E-state index < -0.39 is 0 Å². The maximum absolute atomic E-state index is 12.1. The Kier molecular flexibility index (Phi) is 5.71. The van der Waals surface area contributed by atoms with Crippen LogP contribution in [0.1, 0.15) is 54.5 Å². The fraction of sp³-hybridized carbons (Fsp3) is 0.500. The number of nitriles is 1. The summed E-state index contributed by atoms with van der Waals surface area (Å²) < 4.78 is 0. The Morgan fingerprint density at radius 2 is 2.25 bits per heavy atom. The van der Waals surface area contributed by atoms with Gasteiger partial charge in [0.2, 0.25) is 0 Å². The highest BCUT2D eigenvalue weighted by Gasteiger charge is 2.19. The van der Waals surface area contributed by atoms with E-state index in [-0.39, 0.29) is 18.0 Å². The molecule has 0 saturated carbocycles. The van der Waals surface area contributed by atoms with Crippen molar-refractivity contribution in [3.63, 3.8) is 0 Å². The molecule has 8 nitrogen and oxygen atoms in total. The van der Waals surface area contributed by atoms with E-state index in [2.05, 4.69) is 30.4 Å². The molecule has 3 N–H and O–H groups in total. The van der Waals surface area contributed by atoms with Gasteiger partial charge in [0.05, 0.1) is 11.6 Å². The van der Waals surface area contributed by atoms with Gasteiger partial charge < -0.3 is 10.3 Å². The first-order valence-electron chi connectivity index (χ1n) is 7.95. The Labute approximate surface area is 141 Å². The Morgan fingerprint density at radius 3 is 2.83 bits per heavy atom. The van der Waals surface area contributed by atoms with Crippen LogP contribution in [-0.4, -0.2) is 50.6 Å². The lowest BCUT2D eigenvalue weighted by Gasteiger charge is -2.26. The number of amides is 1. The fourth-order valence-corrected chi connectivity index (χ4v) is 2.38. The Morgan fingerprint density at radius 1 is 1.50 bits per heavy atom. The van der Waals surface area contributed by atoms with E-state index in [0.717, 1.165) is 18.1 Å². The molecule has 24 heavy (non-hydrogen) atoms. The molecule has 2 rings (SSSR count). The van der Waals surface area contributed by atoms with Crippen molar-refractivity contribution in [1.82, 2.24) is 30.4 Å². The third-order valence-corrected chi connectivity index (χ3v) is 3.91. The molecule has 2 aromatic rings. The summed E-state index contributed by atoms with van der Waals surface area (Å²) in [6, 6.07) is 3.50. The number of rotatable bonds is 7. The van der Waals surface area contributed by atoms with E-state index in [0.29, 0.717) is 17.8 Å². The van der Waals surface area contributed by atoms with Crippen LogP contribution in [0.15, 0.2) is 12.3 Å². The monoisotopic (exact) mass is 329 g/mol. The van der Waals surface area contributed by atoms with Gasteiger partial charge in [0.15, 0.2) is 5.82 Å². The van der Waals surface area contributed by atoms with Crippen molar-refractivity contribution in [2.75, 3.05) is 13.6 Å². The first-order valence-corrected chi connectivity index (χ1v) is 7.95. The van der Waals surface area contributed by atoms with Crippen molar-refractivity contribution in [2.45, 2.75) is 39.3 Å². The van der Waals surface area contributed by atoms with Gasteiger partial charge in [0.1, 0.15) is 17.6 Å². The highest BCUT2D eigenvalue weighted by atomic mass is 16.1. The van der Waals surface area contributed by atoms with Gasteiger partial charge in [-0.25, -0.2) is 4.98 Å². The van der Waals surface area contributed by atoms with Crippen LogP contribution in [0.25, 0.3) is 0 Å². The van der Waals surface area contributed by atoms with Crippen LogP contribution in [0.5, 0.6) is 0 Å². The van der Waals surface area contributed by atoms with Crippen molar-refractivity contribution < 1.29 is 4.79 Å². The third kappa shape index (κ3) is 4.20. The minimum atomic E-state index is -0.226. The predicted molar refractivity (Wildman–Crippen MR) is 89.2 cm³/mol. The lowest BCUT2D eigenvalue weighted by atomic mass is 10.2. The van der Waals surface area contributed by atoms with Gasteiger partial charge in [-0.15, -0.1) is 0 Å². The number of carbonyl (C=O) groups excluding carboxylic acids is 1. The molecule has 2 atom stereocenters. The molecule has 0 spiro atoms. The summed E-state index contributed by atoms with van der Waals surface area (Å²) in [5.74, 6) is 1.39. The maximum Gasteiger partial charge on any atom is 0.267 e. The van der Waals surface area contributed by atoms with Crippen molar-refractivity contribution in [3.8, 4) is 6.07 Å². The summed E-state index contributed by atoms with van der Waals surface area (Å²) in [4.78, 5) is 21.5. The number of aromatic nitrogens is 4. The molecule has 0 aliphatic carbocycles. The van der Waals surface area contributed by atoms with Crippen LogP contribution in [0, 0.1) is 11.3 Å². The van der Waals surface area contributed by atoms with Crippen LogP contribution in [-0.2, 0) is 6.42 Å². The van der Waals surface area contributed by atoms with Gasteiger partial charge in [-0.05, 0) is 27.0 Å². The standard InChI is InChI=1S/C16H23N7O/c1-5-14-20-15(22-21-14)11(3)23(4)9-10(2)19-16(24)13-6-12(7-17)8-18-13/h6,8,10-11,18H,5,9H2,1-4H3,(H,19,24)(H,20,21,22). The molecule has 0 saturated heterocycles. The van der Waals surface area contributed by atoms with E-state index in [1.807, 2.05) is 33.9 Å². The molecule has 2 unspecified atom stereocenters. The van der Waals surface area contributed by atoms with Gasteiger partial charge in [0.25, 0.3) is 5.91 Å². The first-order chi connectivity index (χ1) is 11.4. The second-order valence-corrected chi connectivity index (χ2v) is 5.90. The van der Waals surface area contributed by atoms with E-state index in [1.165, 1.54) is 12.3 Å². The molecule has 8 heteroatoms. The Bertz CT molecular complexity index is 727. The number of hydrogen-bond acceptors (Lipinski definition) is 5. The highest BCUT2D eigenvalue weighted by molar-refractivity contribution is 5.93. The fourth-order valence-electron chi connectivity index (χ4n) is 2.38. The molecule has 0 aliphatic rings. The smallest absolute Gasteiger partial charge is 0.267 e. The molecular formula is C16H23N7O. The third-order valence-electron chi connectivity index (χ3n) is 3.91. The second-order valence-electron chi connectivity index (χ2n) is 5.90. The van der Waals surface area contributed by atoms with Gasteiger partial charge in [-0.3, -0.25) is 14.8 Å². The van der Waals surface area contributed by atoms with Gasteiger partial charge >= 0.3 is 0 Å². The first kappa shape index (κ1) is 17.7. The minimum absolute atomic E-state index is 0.0385. The molecule has 1 amide bonds. The van der Waals surface area contributed by atoms with Crippen LogP contribution < -0.4 is 5.32 Å². The zero-order valence-electron chi connectivity index (χ0n) is 14.4. The lowest BCUT2D eigenvalue weighted by molar-refractivity contribution is 0.0922. The number of nitrogens with zero attached hydrogens (tertiary/aromatic N) is 4. The molecule has 2 heterocycles. The lowest BCUT2D eigenvalue weighted by Crippen LogP contribution is -2.41. The van der Waals surface area contributed by atoms with Crippen LogP contribution >= 0.6 is 0 Å². The summed E-state index contributed by atoms with van der Waals surface area (Å²) in [6.07, 6.45) is 2.33. The maximum atomic E-state index is 12.1. The topological polar surface area (TPSA) is 113 Å². The van der Waals surface area contributed by atoms with E-state index >= 15 is 0 Å². The Balaban J connectivity index is 1.89. The summed E-state index contributed by atoms with van der Waals surface area (Å²) >= 11 is 0. The van der Waals surface area contributed by atoms with Crippen LogP contribution in [0.3, 0.4) is 0 Å². The van der Waals surface area contributed by atoms with E-state index in [4.69, 9.17) is 5.26 Å². The van der Waals surface area contributed by atoms with E-state index in [9.17, 15) is 4.79 Å². The molecular weight excluding hydrogens is 306 g/mol. The molecule has 0 radical (unpaired) electrons. The summed E-state index contributed by atoms with van der Waals surface area (Å²) in [7, 11) is 1.97. The van der Waals surface area contributed by atoms with Crippen molar-refractivity contribution in [2.24, 2.45) is 0 Å². The second kappa shape index (κ2) is 7.75. The number of aromatic amines is 2. The highest BCUT2D eigenvalue weighted by Crippen LogP contribution is 2.14. The number of nitrogens with one attached hydrogen (secondary N) is 3. The van der Waals surface area contributed by atoms with Gasteiger partial charge in [-0.2, -0.15) is 10.4 Å². The zero-order chi connectivity index (χ0) is 17.7. The number of carbonyl (C=O) groups is 1. The van der Waals surface area contributed by atoms with Crippen molar-refractivity contribution in [3.05, 3.63) is 35.2 Å². The summed E-state index contributed by atoms with van der Waals surface area (Å²) in [5.41, 5.74) is 0.825. The normalized spacial score (nSPS) is 13.5. The van der Waals surface area contributed by atoms with Crippen LogP contribution in [0.4, 0.5) is 0 Å². The number of aryl methyl sites for hydroxylation is 1. The average molecular weight is 329 g/mol. The number of hydrogen-bond donors (Lipinski definition) is 3. The summed E-state index contributed by atoms with van der Waals surface area (Å²) in [6.45, 7) is 6.63. The van der Waals surface area contributed by atoms with Gasteiger partial charge in [-0.1, -0.05) is 6.92 Å². The van der Waals surface area contributed by atoms with Gasteiger partial charge in [0, 0.05) is 25.2 Å². The van der Waals surface area contributed by atoms with Crippen molar-refractivity contribution in [1.29, 1.82) is 5.26 Å². The molecule has 128 valence electrons. The SMILES string of the molecule is CCc1nc(C(C)N(C)CC(C)NC(=O)c2cc(C#N)c[nH]2)n[nH]1. The predicted octanol–water partition coefficient (Wildman–Crippen LogP) is 1.38. The largest absolute Gasteiger partial charge is 0.356 e. The van der Waals surface area contributed by atoms with Crippen LogP contribution in [0.2, 0.25) is 0 Å². The minimum Gasteiger partial charge on any atom is -0.356 e.